The molecule has 0 aliphatic carbocycles. The molecule has 94 valence electrons. The summed E-state index contributed by atoms with van der Waals surface area (Å²) >= 11 is 0. The molecule has 0 aliphatic heterocycles. The average Bonchev–Trinajstić information content (AvgIpc) is 2.30. The van der Waals surface area contributed by atoms with E-state index in [0.29, 0.717) is 0 Å². The van der Waals surface area contributed by atoms with Gasteiger partial charge in [-0.15, -0.1) is 0 Å². The largest absolute Gasteiger partial charge is 0.542 e. The van der Waals surface area contributed by atoms with Gasteiger partial charge in [0.15, 0.2) is 0 Å². The topological polar surface area (TPSA) is 63.1 Å². The van der Waals surface area contributed by atoms with Crippen LogP contribution in [0.5, 0.6) is 6.01 Å². The summed E-state index contributed by atoms with van der Waals surface area (Å²) in [6, 6.07) is 11.4. The van der Waals surface area contributed by atoms with Crippen LogP contribution in [0.25, 0.3) is 11.3 Å². The third-order valence-corrected chi connectivity index (χ3v) is 1.91. The van der Waals surface area contributed by atoms with Crippen molar-refractivity contribution in [2.45, 2.75) is 13.8 Å². The zero-order valence-corrected chi connectivity index (χ0v) is 13.1. The molecular formula is C13H13N2O2W-. The fourth-order valence-corrected chi connectivity index (χ4v) is 1.31. The molecule has 4 nitrogen and oxygen atoms in total. The van der Waals surface area contributed by atoms with Crippen molar-refractivity contribution < 1.29 is 31.0 Å². The maximum absolute atomic E-state index is 9.23. The minimum Gasteiger partial charge on any atom is -0.542 e. The van der Waals surface area contributed by atoms with Gasteiger partial charge in [0.1, 0.15) is 0 Å². The molecule has 0 bridgehead atoms. The summed E-state index contributed by atoms with van der Waals surface area (Å²) in [5, 5.41) is 9.23. The van der Waals surface area contributed by atoms with Crippen molar-refractivity contribution in [1.82, 2.24) is 9.97 Å². The van der Waals surface area contributed by atoms with Gasteiger partial charge in [0.05, 0.1) is 5.69 Å². The number of benzene rings is 1. The molecule has 0 spiro atoms. The summed E-state index contributed by atoms with van der Waals surface area (Å²) in [5.74, 6) is 0. The van der Waals surface area contributed by atoms with Gasteiger partial charge in [-0.1, -0.05) is 30.3 Å². The van der Waals surface area contributed by atoms with E-state index in [9.17, 15) is 5.11 Å². The molecule has 1 N–H and O–H groups in total. The van der Waals surface area contributed by atoms with Gasteiger partial charge >= 0.3 is 6.01 Å². The Hall–Kier alpha value is -1.54. The predicted molar refractivity (Wildman–Crippen MR) is 65.2 cm³/mol. The Bertz CT molecular complexity index is 469. The first-order chi connectivity index (χ1) is 8.17. The summed E-state index contributed by atoms with van der Waals surface area (Å²) in [5.41, 5.74) is 2.49. The Balaban J connectivity index is 0.000000660. The molecule has 0 saturated heterocycles. The van der Waals surface area contributed by atoms with Crippen molar-refractivity contribution in [2.75, 3.05) is 0 Å². The van der Waals surface area contributed by atoms with Crippen LogP contribution in [0.4, 0.5) is 0 Å². The van der Waals surface area contributed by atoms with E-state index in [1.54, 1.807) is 0 Å². The predicted octanol–water partition coefficient (Wildman–Crippen LogP) is 2.27. The second-order valence-corrected chi connectivity index (χ2v) is 3.26. The Morgan fingerprint density at radius 2 is 1.72 bits per heavy atom. The van der Waals surface area contributed by atoms with Crippen LogP contribution >= 0.6 is 0 Å². The monoisotopic (exact) mass is 413 g/mol. The third kappa shape index (κ3) is 5.19. The fraction of sp³-hybridized carbons (Fsp3) is 0.154. The Labute approximate surface area is 120 Å². The summed E-state index contributed by atoms with van der Waals surface area (Å²) in [6.45, 7) is 3.15. The van der Waals surface area contributed by atoms with E-state index < -0.39 is 0 Å². The molecule has 0 aliphatic rings. The Morgan fingerprint density at radius 1 is 1.17 bits per heavy atom. The number of rotatable bonds is 1. The van der Waals surface area contributed by atoms with E-state index in [-0.39, 0.29) is 27.1 Å². The summed E-state index contributed by atoms with van der Waals surface area (Å²) in [7, 11) is 0. The first-order valence-electron chi connectivity index (χ1n) is 5.06. The van der Waals surface area contributed by atoms with Crippen molar-refractivity contribution in [3.63, 3.8) is 0 Å². The summed E-state index contributed by atoms with van der Waals surface area (Å²) < 4.78 is 0. The molecular weight excluding hydrogens is 400 g/mol. The summed E-state index contributed by atoms with van der Waals surface area (Å²) in [4.78, 5) is 16.4. The quantitative estimate of drug-likeness (QED) is 0.729. The molecule has 0 atom stereocenters. The van der Waals surface area contributed by atoms with Gasteiger partial charge in [0.2, 0.25) is 0 Å². The molecule has 2 aromatic rings. The van der Waals surface area contributed by atoms with Crippen LogP contribution in [0.1, 0.15) is 12.6 Å². The van der Waals surface area contributed by atoms with Gasteiger partial charge in [-0.05, 0) is 13.0 Å². The first kappa shape index (κ1) is 16.5. The van der Waals surface area contributed by atoms with Gasteiger partial charge in [-0.25, -0.2) is 4.98 Å². The van der Waals surface area contributed by atoms with Crippen molar-refractivity contribution >= 4 is 6.29 Å². The maximum Gasteiger partial charge on any atom is 0.314 e. The van der Waals surface area contributed by atoms with E-state index in [2.05, 4.69) is 9.97 Å². The molecule has 0 amide bonds. The fourth-order valence-electron chi connectivity index (χ4n) is 1.31. The standard InChI is InChI=1S/C11H10N2O.C2H3O.W/c1-8-7-10(13-11(14)12-8)9-5-3-2-4-6-9;1-2-3;/h2-7H,1H3,(H,12,13,14);1H3;/q;-1;. The molecule has 2 rings (SSSR count). The smallest absolute Gasteiger partial charge is 0.314 e. The zero-order valence-electron chi connectivity index (χ0n) is 10.1. The van der Waals surface area contributed by atoms with Crippen molar-refractivity contribution in [3.05, 3.63) is 42.1 Å². The van der Waals surface area contributed by atoms with Gasteiger partial charge < -0.3 is 9.90 Å². The minimum atomic E-state index is -0.177. The maximum atomic E-state index is 9.23. The number of nitrogens with zero attached hydrogens (tertiary/aromatic N) is 2. The number of carbonyl (C=O) groups excluding carboxylic acids is 1. The molecule has 1 aromatic carbocycles. The molecule has 0 radical (unpaired) electrons. The van der Waals surface area contributed by atoms with Crippen molar-refractivity contribution in [3.8, 4) is 17.3 Å². The van der Waals surface area contributed by atoms with Crippen LogP contribution in [-0.2, 0) is 25.9 Å². The van der Waals surface area contributed by atoms with Crippen LogP contribution in [0.3, 0.4) is 0 Å². The molecule has 5 heteroatoms. The number of aromatic hydroxyl groups is 1. The van der Waals surface area contributed by atoms with E-state index in [0.717, 1.165) is 17.0 Å². The zero-order chi connectivity index (χ0) is 12.7. The van der Waals surface area contributed by atoms with Crippen LogP contribution in [0, 0.1) is 6.92 Å². The van der Waals surface area contributed by atoms with Crippen molar-refractivity contribution in [1.29, 1.82) is 0 Å². The Morgan fingerprint density at radius 3 is 2.22 bits per heavy atom. The second kappa shape index (κ2) is 8.53. The number of aromatic nitrogens is 2. The van der Waals surface area contributed by atoms with Crippen LogP contribution in [-0.4, -0.2) is 21.4 Å². The number of hydrogen-bond acceptors (Lipinski definition) is 4. The van der Waals surface area contributed by atoms with Crippen LogP contribution < -0.4 is 0 Å². The van der Waals surface area contributed by atoms with E-state index in [1.807, 2.05) is 43.3 Å². The third-order valence-electron chi connectivity index (χ3n) is 1.91. The minimum absolute atomic E-state index is 0. The number of hydrogen-bond donors (Lipinski definition) is 1. The van der Waals surface area contributed by atoms with Gasteiger partial charge in [0, 0.05) is 32.3 Å². The normalized spacial score (nSPS) is 8.56. The summed E-state index contributed by atoms with van der Waals surface area (Å²) in [6.07, 6.45) is 1.50. The van der Waals surface area contributed by atoms with Gasteiger partial charge in [-0.2, -0.15) is 11.9 Å². The number of aryl methyl sites for hydroxylation is 1. The molecule has 18 heavy (non-hydrogen) atoms. The second-order valence-electron chi connectivity index (χ2n) is 3.26. The van der Waals surface area contributed by atoms with Crippen molar-refractivity contribution in [2.24, 2.45) is 0 Å². The molecule has 0 fully saturated rings. The van der Waals surface area contributed by atoms with Crippen LogP contribution in [0.15, 0.2) is 36.4 Å². The Kier molecular flexibility index (Phi) is 7.80. The van der Waals surface area contributed by atoms with E-state index in [1.165, 1.54) is 13.2 Å². The SMILES string of the molecule is C[C-]=O.Cc1cc(-c2ccccc2)nc(O)n1.[W]. The van der Waals surface area contributed by atoms with Gasteiger partial charge in [-0.3, -0.25) is 6.29 Å². The average molecular weight is 413 g/mol. The molecule has 0 unspecified atom stereocenters. The first-order valence-corrected chi connectivity index (χ1v) is 5.06. The van der Waals surface area contributed by atoms with E-state index in [4.69, 9.17) is 4.79 Å². The van der Waals surface area contributed by atoms with Gasteiger partial charge in [0.25, 0.3) is 0 Å². The van der Waals surface area contributed by atoms with E-state index >= 15 is 0 Å². The molecule has 0 saturated carbocycles. The molecule has 1 heterocycles. The van der Waals surface area contributed by atoms with Crippen LogP contribution in [0.2, 0.25) is 0 Å². The molecule has 1 aromatic heterocycles.